The number of nitrogens with one attached hydrogen (secondary N) is 1. The highest BCUT2D eigenvalue weighted by atomic mass is 32.1. The topological polar surface area (TPSA) is 80.8 Å². The fraction of sp³-hybridized carbons (Fsp3) is 0.320. The number of hydrogen-bond donors (Lipinski definition) is 1. The first-order chi connectivity index (χ1) is 17.5. The Balaban J connectivity index is 1.63. The normalized spacial score (nSPS) is 15.2. The van der Waals surface area contributed by atoms with E-state index in [1.165, 1.54) is 38.2 Å². The van der Waals surface area contributed by atoms with Crippen LogP contribution in [0.3, 0.4) is 0 Å². The first-order valence-electron chi connectivity index (χ1n) is 11.2. The highest BCUT2D eigenvalue weighted by Gasteiger charge is 2.39. The minimum Gasteiger partial charge on any atom is -0.493 e. The van der Waals surface area contributed by atoms with Crippen molar-refractivity contribution in [1.82, 2.24) is 15.2 Å². The molecule has 0 saturated heterocycles. The zero-order valence-corrected chi connectivity index (χ0v) is 20.9. The van der Waals surface area contributed by atoms with Crippen LogP contribution in [0.5, 0.6) is 11.5 Å². The first-order valence-corrected chi connectivity index (χ1v) is 12.0. The number of carbonyl (C=O) groups excluding carboxylic acids is 2. The van der Waals surface area contributed by atoms with Gasteiger partial charge in [-0.15, -0.1) is 11.3 Å². The van der Waals surface area contributed by atoms with Gasteiger partial charge in [-0.05, 0) is 54.3 Å². The smallest absolute Gasteiger partial charge is 0.435 e. The van der Waals surface area contributed by atoms with Gasteiger partial charge < -0.3 is 19.7 Å². The van der Waals surface area contributed by atoms with Crippen molar-refractivity contribution in [2.45, 2.75) is 25.6 Å². The standard InChI is InChI=1S/C25H23F4N3O4S/c1-13-31-23(25(27,28)29)22(37-13)24(34)30-12-20(33)32-9-8-15-10-18(35-2)19(36-3)11-17(15)21(32)14-4-6-16(26)7-5-14/h4-7,10-11,21H,8-9,12H2,1-3H3,(H,30,34). The van der Waals surface area contributed by atoms with Gasteiger partial charge in [-0.2, -0.15) is 13.2 Å². The van der Waals surface area contributed by atoms with Crippen LogP contribution in [-0.4, -0.2) is 49.0 Å². The molecule has 0 aliphatic carbocycles. The quantitative estimate of drug-likeness (QED) is 0.468. The van der Waals surface area contributed by atoms with Gasteiger partial charge in [-0.25, -0.2) is 9.37 Å². The monoisotopic (exact) mass is 537 g/mol. The van der Waals surface area contributed by atoms with Crippen LogP contribution in [-0.2, 0) is 17.4 Å². The van der Waals surface area contributed by atoms with Gasteiger partial charge in [0, 0.05) is 6.54 Å². The number of carbonyl (C=O) groups is 2. The van der Waals surface area contributed by atoms with E-state index in [4.69, 9.17) is 9.47 Å². The highest BCUT2D eigenvalue weighted by Crippen LogP contribution is 2.41. The molecule has 1 atom stereocenters. The second-order valence-electron chi connectivity index (χ2n) is 8.29. The first kappa shape index (κ1) is 26.4. The van der Waals surface area contributed by atoms with Crippen molar-refractivity contribution in [2.75, 3.05) is 27.3 Å². The number of nitrogens with zero attached hydrogens (tertiary/aromatic N) is 2. The van der Waals surface area contributed by atoms with Crippen LogP contribution in [0.2, 0.25) is 0 Å². The predicted molar refractivity (Wildman–Crippen MR) is 127 cm³/mol. The Morgan fingerprint density at radius 2 is 1.78 bits per heavy atom. The van der Waals surface area contributed by atoms with Gasteiger partial charge in [0.05, 0.1) is 31.8 Å². The molecule has 0 spiro atoms. The highest BCUT2D eigenvalue weighted by molar-refractivity contribution is 7.13. The van der Waals surface area contributed by atoms with Gasteiger partial charge in [-0.3, -0.25) is 9.59 Å². The number of aryl methyl sites for hydroxylation is 1. The summed E-state index contributed by atoms with van der Waals surface area (Å²) in [4.78, 5) is 30.2. The van der Waals surface area contributed by atoms with Crippen molar-refractivity contribution in [1.29, 1.82) is 0 Å². The molecule has 0 bridgehead atoms. The molecule has 196 valence electrons. The van der Waals surface area contributed by atoms with Crippen LogP contribution in [0.25, 0.3) is 0 Å². The Kier molecular flexibility index (Phi) is 7.39. The van der Waals surface area contributed by atoms with Gasteiger partial charge in [0.2, 0.25) is 5.91 Å². The molecule has 0 radical (unpaired) electrons. The number of fused-ring (bicyclic) bond motifs is 1. The average molecular weight is 538 g/mol. The third-order valence-electron chi connectivity index (χ3n) is 5.99. The molecule has 7 nitrogen and oxygen atoms in total. The molecule has 0 fully saturated rings. The number of benzene rings is 2. The van der Waals surface area contributed by atoms with E-state index in [-0.39, 0.29) is 11.6 Å². The summed E-state index contributed by atoms with van der Waals surface area (Å²) in [6.07, 6.45) is -4.34. The molecule has 1 N–H and O–H groups in total. The predicted octanol–water partition coefficient (Wildman–Crippen LogP) is 4.53. The number of aromatic nitrogens is 1. The van der Waals surface area contributed by atoms with E-state index in [2.05, 4.69) is 10.3 Å². The van der Waals surface area contributed by atoms with Gasteiger partial charge in [0.1, 0.15) is 10.7 Å². The van der Waals surface area contributed by atoms with Crippen LogP contribution >= 0.6 is 11.3 Å². The maximum atomic E-state index is 13.7. The number of ether oxygens (including phenoxy) is 2. The maximum Gasteiger partial charge on any atom is 0.435 e. The van der Waals surface area contributed by atoms with Gasteiger partial charge in [0.25, 0.3) is 5.91 Å². The summed E-state index contributed by atoms with van der Waals surface area (Å²) in [5, 5.41) is 2.38. The van der Waals surface area contributed by atoms with Gasteiger partial charge in [0.15, 0.2) is 17.2 Å². The van der Waals surface area contributed by atoms with E-state index in [0.29, 0.717) is 34.8 Å². The van der Waals surface area contributed by atoms with Crippen molar-refractivity contribution in [3.8, 4) is 11.5 Å². The van der Waals surface area contributed by atoms with Crippen LogP contribution in [0.4, 0.5) is 17.6 Å². The fourth-order valence-corrected chi connectivity index (χ4v) is 5.19. The number of rotatable bonds is 6. The SMILES string of the molecule is COc1cc2c(cc1OC)C(c1ccc(F)cc1)N(C(=O)CNC(=O)c1sc(C)nc1C(F)(F)F)CC2. The van der Waals surface area contributed by atoms with Crippen molar-refractivity contribution >= 4 is 23.2 Å². The summed E-state index contributed by atoms with van der Waals surface area (Å²) in [6.45, 7) is 1.09. The van der Waals surface area contributed by atoms with Crippen LogP contribution in [0.1, 0.15) is 43.1 Å². The zero-order chi connectivity index (χ0) is 26.9. The lowest BCUT2D eigenvalue weighted by Crippen LogP contribution is -2.45. The van der Waals surface area contributed by atoms with Gasteiger partial charge in [-0.1, -0.05) is 12.1 Å². The van der Waals surface area contributed by atoms with Gasteiger partial charge >= 0.3 is 6.18 Å². The largest absolute Gasteiger partial charge is 0.493 e. The molecule has 1 aromatic heterocycles. The van der Waals surface area contributed by atoms with E-state index in [1.54, 1.807) is 18.2 Å². The zero-order valence-electron chi connectivity index (χ0n) is 20.1. The summed E-state index contributed by atoms with van der Waals surface area (Å²) in [5.41, 5.74) is 0.964. The van der Waals surface area contributed by atoms with Crippen molar-refractivity contribution in [3.05, 3.63) is 74.5 Å². The van der Waals surface area contributed by atoms with Crippen molar-refractivity contribution in [3.63, 3.8) is 0 Å². The molecule has 2 heterocycles. The lowest BCUT2D eigenvalue weighted by molar-refractivity contribution is -0.141. The number of methoxy groups -OCH3 is 2. The summed E-state index contributed by atoms with van der Waals surface area (Å²) in [5.74, 6) is -1.04. The lowest BCUT2D eigenvalue weighted by atomic mass is 9.87. The second-order valence-corrected chi connectivity index (χ2v) is 9.49. The maximum absolute atomic E-state index is 13.7. The summed E-state index contributed by atoms with van der Waals surface area (Å²) in [6, 6.07) is 8.58. The van der Waals surface area contributed by atoms with E-state index in [9.17, 15) is 27.2 Å². The summed E-state index contributed by atoms with van der Waals surface area (Å²) < 4.78 is 64.3. The summed E-state index contributed by atoms with van der Waals surface area (Å²) in [7, 11) is 2.99. The molecule has 1 aliphatic rings. The van der Waals surface area contributed by atoms with Crippen molar-refractivity contribution < 1.29 is 36.6 Å². The molecular weight excluding hydrogens is 514 g/mol. The minimum absolute atomic E-state index is 0.0807. The number of amides is 2. The Morgan fingerprint density at radius 1 is 1.14 bits per heavy atom. The van der Waals surface area contributed by atoms with Crippen LogP contribution in [0.15, 0.2) is 36.4 Å². The molecule has 37 heavy (non-hydrogen) atoms. The molecule has 1 aliphatic heterocycles. The van der Waals surface area contributed by atoms with E-state index in [1.807, 2.05) is 6.07 Å². The third-order valence-corrected chi connectivity index (χ3v) is 6.96. The minimum atomic E-state index is -4.80. The number of alkyl halides is 3. The Hall–Kier alpha value is -3.67. The molecule has 2 amide bonds. The average Bonchev–Trinajstić information content (AvgIpc) is 3.28. The number of hydrogen-bond acceptors (Lipinski definition) is 6. The summed E-state index contributed by atoms with van der Waals surface area (Å²) >= 11 is 0.604. The number of thiazole rings is 1. The van der Waals surface area contributed by atoms with Crippen LogP contribution in [0, 0.1) is 12.7 Å². The molecule has 2 aromatic carbocycles. The lowest BCUT2D eigenvalue weighted by Gasteiger charge is -2.38. The van der Waals surface area contributed by atoms with Crippen molar-refractivity contribution in [2.24, 2.45) is 0 Å². The molecule has 1 unspecified atom stereocenters. The van der Waals surface area contributed by atoms with E-state index < -0.39 is 47.0 Å². The Bertz CT molecular complexity index is 1320. The molecule has 3 aromatic rings. The third kappa shape index (κ3) is 5.38. The van der Waals surface area contributed by atoms with Crippen LogP contribution < -0.4 is 14.8 Å². The molecular formula is C25H23F4N3O4S. The molecule has 12 heteroatoms. The number of halogens is 4. The Labute approximate surface area is 214 Å². The Morgan fingerprint density at radius 3 is 2.41 bits per heavy atom. The fourth-order valence-electron chi connectivity index (χ4n) is 4.33. The second kappa shape index (κ2) is 10.4. The molecule has 4 rings (SSSR count). The van der Waals surface area contributed by atoms with E-state index >= 15 is 0 Å². The van der Waals surface area contributed by atoms with E-state index in [0.717, 1.165) is 11.1 Å². The molecule has 0 saturated carbocycles.